The molecule has 0 aliphatic heterocycles. The quantitative estimate of drug-likeness (QED) is 0.246. The van der Waals surface area contributed by atoms with Crippen molar-refractivity contribution in [3.05, 3.63) is 12.2 Å². The van der Waals surface area contributed by atoms with Crippen molar-refractivity contribution in [2.45, 2.75) is 125 Å². The maximum Gasteiger partial charge on any atom is 0.309 e. The molecule has 6 unspecified atom stereocenters. The minimum absolute atomic E-state index is 0.152. The Morgan fingerprint density at radius 2 is 1.40 bits per heavy atom. The number of carbonyl (C=O) groups is 3. The van der Waals surface area contributed by atoms with E-state index in [-0.39, 0.29) is 40.2 Å². The molecule has 6 saturated carbocycles. The van der Waals surface area contributed by atoms with Crippen molar-refractivity contribution in [3.63, 3.8) is 0 Å². The SMILES string of the molecule is C=C(C)[C@@H]1CCC2(C(=O)O)CCC3C(CCC4[C@@]3(C)CCC3C(C)(C)[C@@H](OC(=O)[C@@H]5C[C@H](C(=O)O)C5(C)C)CC[C@@]34C)C12. The van der Waals surface area contributed by atoms with E-state index in [2.05, 4.69) is 41.2 Å². The highest BCUT2D eigenvalue weighted by atomic mass is 16.5. The first-order valence-electron chi connectivity index (χ1n) is 17.2. The van der Waals surface area contributed by atoms with Crippen molar-refractivity contribution in [1.82, 2.24) is 0 Å². The van der Waals surface area contributed by atoms with Gasteiger partial charge >= 0.3 is 17.9 Å². The Kier molecular flexibility index (Phi) is 7.12. The lowest BCUT2D eigenvalue weighted by atomic mass is 9.36. The predicted octanol–water partition coefficient (Wildman–Crippen LogP) is 8.00. The number of hydrogen-bond acceptors (Lipinski definition) is 4. The second-order valence-electron chi connectivity index (χ2n) is 17.8. The zero-order valence-corrected chi connectivity index (χ0v) is 27.7. The molecule has 0 spiro atoms. The van der Waals surface area contributed by atoms with Crippen LogP contribution in [0.3, 0.4) is 0 Å². The van der Waals surface area contributed by atoms with E-state index < -0.39 is 28.7 Å². The third-order valence-corrected chi connectivity index (χ3v) is 15.7. The highest BCUT2D eigenvalue weighted by molar-refractivity contribution is 5.81. The van der Waals surface area contributed by atoms with Crippen LogP contribution in [0.15, 0.2) is 12.2 Å². The smallest absolute Gasteiger partial charge is 0.309 e. The standard InChI is InChI=1S/C37H56O6/c1-20(2)21-11-17-37(32(41)42)18-12-23-22(29(21)37)9-10-27-35(23,7)15-13-26-34(5,6)28(14-16-36(26,27)8)43-31(40)25-19-24(30(38)39)33(25,3)4/h21-29H,1,9-19H2,2-8H3,(H,38,39)(H,41,42)/t21-,22?,23?,24+,25-,26?,27?,28-,29?,35-,36-,37?/m0/s1. The second-order valence-corrected chi connectivity index (χ2v) is 17.8. The van der Waals surface area contributed by atoms with Gasteiger partial charge in [-0.05, 0) is 129 Å². The van der Waals surface area contributed by atoms with Crippen LogP contribution in [0.2, 0.25) is 0 Å². The average molecular weight is 597 g/mol. The number of carboxylic acids is 2. The number of rotatable bonds is 5. The minimum Gasteiger partial charge on any atom is -0.481 e. The highest BCUT2D eigenvalue weighted by Crippen LogP contribution is 2.74. The van der Waals surface area contributed by atoms with Crippen molar-refractivity contribution >= 4 is 17.9 Å². The first-order chi connectivity index (χ1) is 19.9. The van der Waals surface area contributed by atoms with Gasteiger partial charge in [-0.15, -0.1) is 0 Å². The summed E-state index contributed by atoms with van der Waals surface area (Å²) >= 11 is 0. The largest absolute Gasteiger partial charge is 0.481 e. The number of fused-ring (bicyclic) bond motifs is 7. The number of aliphatic carboxylic acids is 2. The van der Waals surface area contributed by atoms with Gasteiger partial charge < -0.3 is 14.9 Å². The number of esters is 1. The molecule has 12 atom stereocenters. The van der Waals surface area contributed by atoms with Crippen LogP contribution in [-0.4, -0.2) is 34.2 Å². The Morgan fingerprint density at radius 1 is 0.744 bits per heavy atom. The van der Waals surface area contributed by atoms with Gasteiger partial charge in [0.1, 0.15) is 6.10 Å². The van der Waals surface area contributed by atoms with Crippen molar-refractivity contribution in [2.24, 2.45) is 74.4 Å². The van der Waals surface area contributed by atoms with E-state index >= 15 is 0 Å². The fraction of sp³-hybridized carbons (Fsp3) is 0.865. The summed E-state index contributed by atoms with van der Waals surface area (Å²) in [6, 6.07) is 0. The molecular formula is C37H56O6. The number of ether oxygens (including phenoxy) is 1. The summed E-state index contributed by atoms with van der Waals surface area (Å²) in [4.78, 5) is 37.9. The highest BCUT2D eigenvalue weighted by Gasteiger charge is 2.69. The molecule has 6 heteroatoms. The van der Waals surface area contributed by atoms with E-state index in [0.717, 1.165) is 64.2 Å². The molecule has 240 valence electrons. The van der Waals surface area contributed by atoms with Gasteiger partial charge in [0.25, 0.3) is 0 Å². The van der Waals surface area contributed by atoms with E-state index in [1.165, 1.54) is 5.57 Å². The fourth-order valence-corrected chi connectivity index (χ4v) is 13.3. The van der Waals surface area contributed by atoms with Gasteiger partial charge in [0.15, 0.2) is 0 Å². The Labute approximate surface area is 258 Å². The Morgan fingerprint density at radius 3 is 2.00 bits per heavy atom. The van der Waals surface area contributed by atoms with Crippen molar-refractivity contribution in [2.75, 3.05) is 0 Å². The normalized spacial score (nSPS) is 49.2. The molecule has 6 aliphatic rings. The van der Waals surface area contributed by atoms with Gasteiger partial charge in [-0.2, -0.15) is 0 Å². The summed E-state index contributed by atoms with van der Waals surface area (Å²) in [5.74, 6) is 0.137. The number of allylic oxidation sites excluding steroid dienone is 1. The summed E-state index contributed by atoms with van der Waals surface area (Å²) in [5.41, 5.74) is 0.209. The van der Waals surface area contributed by atoms with Crippen molar-refractivity contribution in [3.8, 4) is 0 Å². The van der Waals surface area contributed by atoms with Gasteiger partial charge in [0.05, 0.1) is 17.3 Å². The van der Waals surface area contributed by atoms with Crippen LogP contribution >= 0.6 is 0 Å². The molecule has 0 aromatic heterocycles. The van der Waals surface area contributed by atoms with Gasteiger partial charge in [0, 0.05) is 5.41 Å². The molecule has 0 amide bonds. The van der Waals surface area contributed by atoms with Crippen LogP contribution < -0.4 is 0 Å². The number of carbonyl (C=O) groups excluding carboxylic acids is 1. The molecular weight excluding hydrogens is 540 g/mol. The van der Waals surface area contributed by atoms with E-state index in [1.54, 1.807) is 0 Å². The lowest BCUT2D eigenvalue weighted by Gasteiger charge is -2.69. The van der Waals surface area contributed by atoms with Gasteiger partial charge in [-0.25, -0.2) is 0 Å². The molecule has 0 saturated heterocycles. The second kappa shape index (κ2) is 9.82. The maximum absolute atomic E-state index is 13.4. The molecule has 6 rings (SSSR count). The monoisotopic (exact) mass is 596 g/mol. The van der Waals surface area contributed by atoms with E-state index in [1.807, 2.05) is 13.8 Å². The number of carboxylic acid groups (broad SMARTS) is 2. The average Bonchev–Trinajstić information content (AvgIpc) is 3.31. The molecule has 0 aromatic rings. The van der Waals surface area contributed by atoms with E-state index in [9.17, 15) is 24.6 Å². The molecule has 2 N–H and O–H groups in total. The van der Waals surface area contributed by atoms with Crippen LogP contribution in [0.25, 0.3) is 0 Å². The summed E-state index contributed by atoms with van der Waals surface area (Å²) < 4.78 is 6.33. The zero-order chi connectivity index (χ0) is 31.5. The van der Waals surface area contributed by atoms with Crippen molar-refractivity contribution in [1.29, 1.82) is 0 Å². The minimum atomic E-state index is -0.822. The molecule has 6 nitrogen and oxygen atoms in total. The Bertz CT molecular complexity index is 1220. The summed E-state index contributed by atoms with van der Waals surface area (Å²) in [5, 5.41) is 20.1. The van der Waals surface area contributed by atoms with Crippen LogP contribution in [0.4, 0.5) is 0 Å². The first-order valence-corrected chi connectivity index (χ1v) is 17.2. The van der Waals surface area contributed by atoms with Crippen LogP contribution in [0.5, 0.6) is 0 Å². The number of hydrogen-bond donors (Lipinski definition) is 2. The maximum atomic E-state index is 13.4. The lowest BCUT2D eigenvalue weighted by Crippen LogP contribution is -2.64. The van der Waals surface area contributed by atoms with Gasteiger partial charge in [0.2, 0.25) is 0 Å². The molecule has 6 fully saturated rings. The molecule has 0 radical (unpaired) electrons. The third-order valence-electron chi connectivity index (χ3n) is 15.7. The topological polar surface area (TPSA) is 101 Å². The van der Waals surface area contributed by atoms with Crippen LogP contribution in [0, 0.1) is 74.4 Å². The summed E-state index contributed by atoms with van der Waals surface area (Å²) in [6.07, 6.45) is 10.3. The first kappa shape index (κ1) is 31.1. The van der Waals surface area contributed by atoms with Gasteiger partial charge in [-0.3, -0.25) is 14.4 Å². The lowest BCUT2D eigenvalue weighted by molar-refractivity contribution is -0.228. The van der Waals surface area contributed by atoms with E-state index in [0.29, 0.717) is 36.0 Å². The molecule has 0 bridgehead atoms. The summed E-state index contributed by atoms with van der Waals surface area (Å²) in [7, 11) is 0. The predicted molar refractivity (Wildman–Crippen MR) is 165 cm³/mol. The molecule has 0 aromatic carbocycles. The third kappa shape index (κ3) is 4.12. The molecule has 6 aliphatic carbocycles. The molecule has 43 heavy (non-hydrogen) atoms. The zero-order valence-electron chi connectivity index (χ0n) is 27.7. The van der Waals surface area contributed by atoms with E-state index in [4.69, 9.17) is 4.74 Å². The summed E-state index contributed by atoms with van der Waals surface area (Å²) in [6.45, 7) is 20.0. The fourth-order valence-electron chi connectivity index (χ4n) is 13.3. The van der Waals surface area contributed by atoms with Crippen molar-refractivity contribution < 1.29 is 29.3 Å². The van der Waals surface area contributed by atoms with Gasteiger partial charge in [-0.1, -0.05) is 53.7 Å². The van der Waals surface area contributed by atoms with Crippen LogP contribution in [0.1, 0.15) is 119 Å². The Hall–Kier alpha value is -1.85. The molecule has 0 heterocycles. The van der Waals surface area contributed by atoms with Crippen LogP contribution in [-0.2, 0) is 19.1 Å². The Balaban J connectivity index is 1.22.